The minimum Gasteiger partial charge on any atom is -0.298 e. The highest BCUT2D eigenvalue weighted by molar-refractivity contribution is 7.89. The minimum absolute atomic E-state index is 0.197. The first-order valence-corrected chi connectivity index (χ1v) is 13.9. The molecule has 1 atom stereocenters. The van der Waals surface area contributed by atoms with E-state index in [1.54, 1.807) is 31.2 Å². The van der Waals surface area contributed by atoms with Gasteiger partial charge in [-0.25, -0.2) is 13.1 Å². The van der Waals surface area contributed by atoms with Gasteiger partial charge in [-0.15, -0.1) is 0 Å². The summed E-state index contributed by atoms with van der Waals surface area (Å²) in [6.45, 7) is 9.86. The van der Waals surface area contributed by atoms with Gasteiger partial charge in [0.15, 0.2) is 0 Å². The van der Waals surface area contributed by atoms with Crippen molar-refractivity contribution in [3.63, 3.8) is 0 Å². The molecule has 150 valence electrons. The molecule has 0 spiro atoms. The van der Waals surface area contributed by atoms with E-state index in [0.717, 1.165) is 11.8 Å². The van der Waals surface area contributed by atoms with Gasteiger partial charge in [0.1, 0.15) is 14.4 Å². The fraction of sp³-hybridized carbons (Fsp3) is 0.318. The average molecular weight is 416 g/mol. The molecule has 2 rings (SSSR count). The third kappa shape index (κ3) is 5.07. The van der Waals surface area contributed by atoms with Crippen molar-refractivity contribution in [1.82, 2.24) is 4.72 Å². The molecule has 4 nitrogen and oxygen atoms in total. The molecule has 0 radical (unpaired) electrons. The first-order chi connectivity index (χ1) is 13.0. The van der Waals surface area contributed by atoms with Crippen LogP contribution in [-0.2, 0) is 14.8 Å². The van der Waals surface area contributed by atoms with Crippen LogP contribution >= 0.6 is 0 Å². The van der Waals surface area contributed by atoms with Crippen LogP contribution in [0.3, 0.4) is 0 Å². The Labute approximate surface area is 169 Å². The Balaban J connectivity index is 2.44. The number of rotatable bonds is 8. The first kappa shape index (κ1) is 22.3. The largest absolute Gasteiger partial charge is 0.298 e. The zero-order chi connectivity index (χ0) is 21.0. The second kappa shape index (κ2) is 8.55. The third-order valence-electron chi connectivity index (χ3n) is 5.20. The Morgan fingerprint density at radius 1 is 1.07 bits per heavy atom. The van der Waals surface area contributed by atoms with E-state index in [0.29, 0.717) is 12.0 Å². The molecule has 2 aromatic carbocycles. The lowest BCUT2D eigenvalue weighted by Crippen LogP contribution is -2.49. The summed E-state index contributed by atoms with van der Waals surface area (Å²) in [5.74, 6) is 0. The molecule has 28 heavy (non-hydrogen) atoms. The Kier molecular flexibility index (Phi) is 6.80. The molecule has 6 heteroatoms. The zero-order valence-electron chi connectivity index (χ0n) is 17.2. The lowest BCUT2D eigenvalue weighted by Gasteiger charge is -2.32. The van der Waals surface area contributed by atoms with Crippen LogP contribution in [0.4, 0.5) is 0 Å². The summed E-state index contributed by atoms with van der Waals surface area (Å²) in [7, 11) is -5.84. The maximum Gasteiger partial charge on any atom is 0.241 e. The number of carbonyl (C=O) groups is 1. The standard InChI is InChI=1S/C22H29NO3SSi/c1-6-22(3,23-27(25,26)20-14-12-18(2)13-15-20)19(16-24)17-28(4,5)21-10-8-7-9-11-21/h7-17,23H,6H2,1-5H3/b19-17+. The number of hydrogen-bond donors (Lipinski definition) is 1. The molecular formula is C22H29NO3SSi. The smallest absolute Gasteiger partial charge is 0.241 e. The predicted molar refractivity (Wildman–Crippen MR) is 118 cm³/mol. The molecule has 0 aliphatic rings. The fourth-order valence-corrected chi connectivity index (χ4v) is 6.92. The van der Waals surface area contributed by atoms with Crippen molar-refractivity contribution in [3.05, 3.63) is 71.4 Å². The van der Waals surface area contributed by atoms with E-state index in [4.69, 9.17) is 0 Å². The highest BCUT2D eigenvalue weighted by Crippen LogP contribution is 2.25. The summed E-state index contributed by atoms with van der Waals surface area (Å²) < 4.78 is 28.6. The maximum absolute atomic E-state index is 12.9. The van der Waals surface area contributed by atoms with E-state index in [-0.39, 0.29) is 4.90 Å². The number of aryl methyl sites for hydroxylation is 1. The van der Waals surface area contributed by atoms with E-state index < -0.39 is 23.6 Å². The van der Waals surface area contributed by atoms with E-state index in [9.17, 15) is 13.2 Å². The van der Waals surface area contributed by atoms with Crippen LogP contribution in [0.15, 0.2) is 70.8 Å². The fourth-order valence-electron chi connectivity index (χ4n) is 3.07. The Bertz CT molecular complexity index is 951. The minimum atomic E-state index is -3.76. The van der Waals surface area contributed by atoms with Gasteiger partial charge in [0.2, 0.25) is 10.0 Å². The van der Waals surface area contributed by atoms with Crippen molar-refractivity contribution in [3.8, 4) is 0 Å². The van der Waals surface area contributed by atoms with Crippen LogP contribution in [0.25, 0.3) is 0 Å². The number of benzene rings is 2. The Morgan fingerprint density at radius 2 is 1.64 bits per heavy atom. The van der Waals surface area contributed by atoms with Crippen molar-refractivity contribution in [2.45, 2.75) is 50.7 Å². The monoisotopic (exact) mass is 415 g/mol. The average Bonchev–Trinajstić information content (AvgIpc) is 2.66. The highest BCUT2D eigenvalue weighted by atomic mass is 32.2. The highest BCUT2D eigenvalue weighted by Gasteiger charge is 2.35. The van der Waals surface area contributed by atoms with Gasteiger partial charge >= 0.3 is 0 Å². The molecule has 0 heterocycles. The number of nitrogens with one attached hydrogen (secondary N) is 1. The van der Waals surface area contributed by atoms with Crippen LogP contribution in [0.2, 0.25) is 13.1 Å². The van der Waals surface area contributed by atoms with Crippen LogP contribution < -0.4 is 9.91 Å². The molecule has 2 aromatic rings. The van der Waals surface area contributed by atoms with Crippen LogP contribution in [-0.4, -0.2) is 28.3 Å². The number of carbonyl (C=O) groups excluding carboxylic acids is 1. The molecular weight excluding hydrogens is 386 g/mol. The lowest BCUT2D eigenvalue weighted by atomic mass is 9.92. The van der Waals surface area contributed by atoms with Gasteiger partial charge in [-0.2, -0.15) is 0 Å². The van der Waals surface area contributed by atoms with Gasteiger partial charge in [-0.3, -0.25) is 4.79 Å². The van der Waals surface area contributed by atoms with Crippen molar-refractivity contribution in [2.75, 3.05) is 0 Å². The van der Waals surface area contributed by atoms with Crippen molar-refractivity contribution in [1.29, 1.82) is 0 Å². The summed E-state index contributed by atoms with van der Waals surface area (Å²) in [6, 6.07) is 16.7. The molecule has 1 N–H and O–H groups in total. The Hall–Kier alpha value is -2.02. The van der Waals surface area contributed by atoms with Gasteiger partial charge < -0.3 is 0 Å². The number of sulfonamides is 1. The quantitative estimate of drug-likeness (QED) is 0.406. The summed E-state index contributed by atoms with van der Waals surface area (Å²) in [6.07, 6.45) is 1.25. The molecule has 0 aliphatic carbocycles. The molecule has 1 unspecified atom stereocenters. The van der Waals surface area contributed by atoms with Gasteiger partial charge in [-0.1, -0.05) is 78.9 Å². The predicted octanol–water partition coefficient (Wildman–Crippen LogP) is 3.72. The second-order valence-corrected chi connectivity index (χ2v) is 13.9. The third-order valence-corrected chi connectivity index (χ3v) is 9.66. The molecule has 0 bridgehead atoms. The van der Waals surface area contributed by atoms with Crippen LogP contribution in [0.1, 0.15) is 25.8 Å². The maximum atomic E-state index is 12.9. The van der Waals surface area contributed by atoms with Gasteiger partial charge in [0.05, 0.1) is 10.4 Å². The van der Waals surface area contributed by atoms with E-state index in [2.05, 4.69) is 29.9 Å². The van der Waals surface area contributed by atoms with Crippen molar-refractivity contribution >= 4 is 29.6 Å². The van der Waals surface area contributed by atoms with Crippen molar-refractivity contribution in [2.24, 2.45) is 0 Å². The molecule has 0 aromatic heterocycles. The van der Waals surface area contributed by atoms with Crippen LogP contribution in [0.5, 0.6) is 0 Å². The molecule has 0 amide bonds. The SMILES string of the molecule is CCC(C)(NS(=O)(=O)c1ccc(C)cc1)/C(C=O)=C/[Si](C)(C)c1ccccc1. The number of hydrogen-bond acceptors (Lipinski definition) is 3. The van der Waals surface area contributed by atoms with Crippen LogP contribution in [0, 0.1) is 6.92 Å². The molecule has 0 saturated heterocycles. The van der Waals surface area contributed by atoms with Gasteiger partial charge in [0.25, 0.3) is 0 Å². The van der Waals surface area contributed by atoms with E-state index >= 15 is 0 Å². The Morgan fingerprint density at radius 3 is 2.14 bits per heavy atom. The normalized spacial score (nSPS) is 15.1. The zero-order valence-corrected chi connectivity index (χ0v) is 19.0. The first-order valence-electron chi connectivity index (χ1n) is 9.39. The summed E-state index contributed by atoms with van der Waals surface area (Å²) in [5.41, 5.74) is 2.48. The van der Waals surface area contributed by atoms with E-state index in [1.165, 1.54) is 5.19 Å². The summed E-state index contributed by atoms with van der Waals surface area (Å²) in [4.78, 5) is 12.2. The van der Waals surface area contributed by atoms with Gasteiger partial charge in [0, 0.05) is 5.57 Å². The van der Waals surface area contributed by atoms with Gasteiger partial charge in [-0.05, 0) is 32.4 Å². The molecule has 0 aliphatic heterocycles. The topological polar surface area (TPSA) is 63.2 Å². The van der Waals surface area contributed by atoms with Crippen molar-refractivity contribution < 1.29 is 13.2 Å². The molecule has 0 saturated carbocycles. The lowest BCUT2D eigenvalue weighted by molar-refractivity contribution is -0.105. The summed E-state index contributed by atoms with van der Waals surface area (Å²) in [5, 5.41) is 1.19. The molecule has 0 fully saturated rings. The van der Waals surface area contributed by atoms with E-state index in [1.807, 2.05) is 37.7 Å². The summed E-state index contributed by atoms with van der Waals surface area (Å²) >= 11 is 0. The second-order valence-electron chi connectivity index (χ2n) is 7.91. The number of aldehydes is 1.